The van der Waals surface area contributed by atoms with E-state index in [1.54, 1.807) is 0 Å². The summed E-state index contributed by atoms with van der Waals surface area (Å²) in [6.07, 6.45) is -2.02. The van der Waals surface area contributed by atoms with Gasteiger partial charge in [-0.05, 0) is 18.1 Å². The van der Waals surface area contributed by atoms with Crippen molar-refractivity contribution in [1.29, 1.82) is 0 Å². The van der Waals surface area contributed by atoms with E-state index >= 15 is 0 Å². The highest BCUT2D eigenvalue weighted by Gasteiger charge is 2.38. The summed E-state index contributed by atoms with van der Waals surface area (Å²) in [6, 6.07) is 0.0378. The molecule has 1 saturated heterocycles. The normalized spacial score (nSPS) is 30.0. The first-order chi connectivity index (χ1) is 10.9. The Balaban J connectivity index is 1.65. The van der Waals surface area contributed by atoms with Crippen LogP contribution < -0.4 is 0 Å². The molecule has 2 fully saturated rings. The van der Waals surface area contributed by atoms with Gasteiger partial charge in [0.05, 0.1) is 25.9 Å². The summed E-state index contributed by atoms with van der Waals surface area (Å²) in [5.74, 6) is 0.383. The standard InChI is InChI=1S/C13H20F3N5O2/c14-13(15,16)8-21-18-12(17-19-21)6-20-4-5-23-7-10(20)9-2-1-3-11(9)22/h9-11,22H,1-8H2/t9-,10-,11-/m1/s1. The van der Waals surface area contributed by atoms with Crippen molar-refractivity contribution in [2.45, 2.75) is 50.7 Å². The average Bonchev–Trinajstić information content (AvgIpc) is 3.07. The van der Waals surface area contributed by atoms with Crippen LogP contribution >= 0.6 is 0 Å². The Labute approximate surface area is 131 Å². The van der Waals surface area contributed by atoms with Gasteiger partial charge in [0, 0.05) is 18.5 Å². The molecule has 7 nitrogen and oxygen atoms in total. The Hall–Kier alpha value is -1.26. The molecule has 3 atom stereocenters. The molecule has 23 heavy (non-hydrogen) atoms. The number of hydrogen-bond acceptors (Lipinski definition) is 6. The Kier molecular flexibility index (Phi) is 4.83. The predicted octanol–water partition coefficient (Wildman–Crippen LogP) is 0.597. The van der Waals surface area contributed by atoms with Crippen LogP contribution in [-0.4, -0.2) is 68.3 Å². The van der Waals surface area contributed by atoms with Crippen LogP contribution in [0, 0.1) is 5.92 Å². The highest BCUT2D eigenvalue weighted by atomic mass is 19.4. The van der Waals surface area contributed by atoms with E-state index in [0.29, 0.717) is 31.1 Å². The van der Waals surface area contributed by atoms with Gasteiger partial charge in [-0.2, -0.15) is 18.0 Å². The monoisotopic (exact) mass is 335 g/mol. The summed E-state index contributed by atoms with van der Waals surface area (Å²) < 4.78 is 42.5. The van der Waals surface area contributed by atoms with Crippen LogP contribution in [0.3, 0.4) is 0 Å². The first-order valence-electron chi connectivity index (χ1n) is 7.76. The summed E-state index contributed by atoms with van der Waals surface area (Å²) in [4.78, 5) is 2.65. The van der Waals surface area contributed by atoms with E-state index in [-0.39, 0.29) is 23.9 Å². The molecule has 0 amide bonds. The molecule has 0 unspecified atom stereocenters. The number of nitrogens with zero attached hydrogens (tertiary/aromatic N) is 5. The van der Waals surface area contributed by atoms with E-state index in [0.717, 1.165) is 19.3 Å². The third-order valence-corrected chi connectivity index (χ3v) is 4.47. The molecule has 2 aliphatic rings. The molecule has 0 aromatic carbocycles. The number of halogens is 3. The van der Waals surface area contributed by atoms with Crippen LogP contribution in [-0.2, 0) is 17.8 Å². The lowest BCUT2D eigenvalue weighted by atomic mass is 9.94. The molecule has 1 aromatic rings. The van der Waals surface area contributed by atoms with Crippen molar-refractivity contribution in [1.82, 2.24) is 25.1 Å². The van der Waals surface area contributed by atoms with E-state index in [1.165, 1.54) is 0 Å². The second kappa shape index (κ2) is 6.70. The van der Waals surface area contributed by atoms with E-state index in [4.69, 9.17) is 4.74 Å². The fourth-order valence-corrected chi connectivity index (χ4v) is 3.41. The van der Waals surface area contributed by atoms with Crippen LogP contribution in [0.2, 0.25) is 0 Å². The second-order valence-electron chi connectivity index (χ2n) is 6.13. The van der Waals surface area contributed by atoms with Gasteiger partial charge in [-0.3, -0.25) is 4.90 Å². The molecule has 1 aliphatic heterocycles. The Morgan fingerprint density at radius 2 is 2.13 bits per heavy atom. The summed E-state index contributed by atoms with van der Waals surface area (Å²) in [7, 11) is 0. The molecule has 1 saturated carbocycles. The molecule has 1 N–H and O–H groups in total. The Morgan fingerprint density at radius 1 is 1.30 bits per heavy atom. The molecule has 3 rings (SSSR count). The number of aromatic nitrogens is 4. The van der Waals surface area contributed by atoms with Crippen molar-refractivity contribution in [3.63, 3.8) is 0 Å². The van der Waals surface area contributed by atoms with Gasteiger partial charge in [0.25, 0.3) is 0 Å². The smallest absolute Gasteiger partial charge is 0.393 e. The molecule has 1 aromatic heterocycles. The highest BCUT2D eigenvalue weighted by molar-refractivity contribution is 4.91. The van der Waals surface area contributed by atoms with E-state index in [2.05, 4.69) is 20.3 Å². The molecule has 10 heteroatoms. The van der Waals surface area contributed by atoms with Gasteiger partial charge >= 0.3 is 6.18 Å². The topological polar surface area (TPSA) is 76.3 Å². The second-order valence-corrected chi connectivity index (χ2v) is 6.13. The van der Waals surface area contributed by atoms with E-state index in [9.17, 15) is 18.3 Å². The van der Waals surface area contributed by atoms with Crippen molar-refractivity contribution in [3.05, 3.63) is 5.82 Å². The number of alkyl halides is 3. The SMILES string of the molecule is O[C@@H]1CCC[C@@H]1[C@H]1COCCN1Cc1nnn(CC(F)(F)F)n1. The third kappa shape index (κ3) is 4.18. The fourth-order valence-electron chi connectivity index (χ4n) is 3.41. The zero-order valence-corrected chi connectivity index (χ0v) is 12.6. The summed E-state index contributed by atoms with van der Waals surface area (Å²) in [5, 5.41) is 21.1. The Bertz CT molecular complexity index is 524. The van der Waals surface area contributed by atoms with Gasteiger partial charge < -0.3 is 9.84 Å². The van der Waals surface area contributed by atoms with Crippen LogP contribution in [0.1, 0.15) is 25.1 Å². The first kappa shape index (κ1) is 16.6. The van der Waals surface area contributed by atoms with Gasteiger partial charge in [-0.25, -0.2) is 0 Å². The Morgan fingerprint density at radius 3 is 2.83 bits per heavy atom. The minimum atomic E-state index is -4.37. The molecule has 130 valence electrons. The molecule has 0 spiro atoms. The lowest BCUT2D eigenvalue weighted by Gasteiger charge is -2.39. The summed E-state index contributed by atoms with van der Waals surface area (Å²) >= 11 is 0. The van der Waals surface area contributed by atoms with E-state index in [1.807, 2.05) is 0 Å². The molecule has 0 bridgehead atoms. The first-order valence-corrected chi connectivity index (χ1v) is 7.76. The van der Waals surface area contributed by atoms with Gasteiger partial charge in [-0.1, -0.05) is 6.42 Å². The average molecular weight is 335 g/mol. The van der Waals surface area contributed by atoms with Crippen LogP contribution in [0.5, 0.6) is 0 Å². The lowest BCUT2D eigenvalue weighted by Crippen LogP contribution is -2.50. The fraction of sp³-hybridized carbons (Fsp3) is 0.923. The summed E-state index contributed by atoms with van der Waals surface area (Å²) in [5.41, 5.74) is 0. The van der Waals surface area contributed by atoms with E-state index < -0.39 is 12.7 Å². The number of rotatable bonds is 4. The molecular formula is C13H20F3N5O2. The number of morpholine rings is 1. The predicted molar refractivity (Wildman–Crippen MR) is 72.2 cm³/mol. The molecular weight excluding hydrogens is 315 g/mol. The number of hydrogen-bond donors (Lipinski definition) is 1. The van der Waals surface area contributed by atoms with Crippen LogP contribution in [0.15, 0.2) is 0 Å². The minimum absolute atomic E-state index is 0.0378. The van der Waals surface area contributed by atoms with Crippen LogP contribution in [0.4, 0.5) is 13.2 Å². The quantitative estimate of drug-likeness (QED) is 0.868. The third-order valence-electron chi connectivity index (χ3n) is 4.47. The minimum Gasteiger partial charge on any atom is -0.393 e. The van der Waals surface area contributed by atoms with Gasteiger partial charge in [-0.15, -0.1) is 10.2 Å². The van der Waals surface area contributed by atoms with Gasteiger partial charge in [0.1, 0.15) is 0 Å². The van der Waals surface area contributed by atoms with Crippen molar-refractivity contribution in [2.24, 2.45) is 5.92 Å². The molecule has 1 aliphatic carbocycles. The molecule has 0 radical (unpaired) electrons. The number of aliphatic hydroxyl groups is 1. The highest BCUT2D eigenvalue weighted by Crippen LogP contribution is 2.32. The number of aliphatic hydroxyl groups excluding tert-OH is 1. The number of tetrazole rings is 1. The zero-order chi connectivity index (χ0) is 16.4. The summed E-state index contributed by atoms with van der Waals surface area (Å²) in [6.45, 7) is 0.777. The van der Waals surface area contributed by atoms with Crippen molar-refractivity contribution < 1.29 is 23.0 Å². The lowest BCUT2D eigenvalue weighted by molar-refractivity contribution is -0.145. The van der Waals surface area contributed by atoms with Crippen molar-refractivity contribution >= 4 is 0 Å². The van der Waals surface area contributed by atoms with Crippen LogP contribution in [0.25, 0.3) is 0 Å². The number of ether oxygens (including phenoxy) is 1. The largest absolute Gasteiger partial charge is 0.409 e. The van der Waals surface area contributed by atoms with Crippen molar-refractivity contribution in [2.75, 3.05) is 19.8 Å². The maximum atomic E-state index is 12.3. The maximum absolute atomic E-state index is 12.3. The maximum Gasteiger partial charge on any atom is 0.409 e. The van der Waals surface area contributed by atoms with Gasteiger partial charge in [0.15, 0.2) is 12.4 Å². The van der Waals surface area contributed by atoms with Gasteiger partial charge in [0.2, 0.25) is 0 Å². The zero-order valence-electron chi connectivity index (χ0n) is 12.6. The van der Waals surface area contributed by atoms with Crippen molar-refractivity contribution in [3.8, 4) is 0 Å². The molecule has 2 heterocycles.